The number of carbonyl (C=O) groups is 1. The van der Waals surface area contributed by atoms with Gasteiger partial charge in [-0.25, -0.2) is 0 Å². The number of amides is 1. The predicted octanol–water partition coefficient (Wildman–Crippen LogP) is 2.24. The van der Waals surface area contributed by atoms with Crippen molar-refractivity contribution in [2.24, 2.45) is 0 Å². The van der Waals surface area contributed by atoms with Crippen molar-refractivity contribution in [2.75, 3.05) is 19.7 Å². The first-order valence-corrected chi connectivity index (χ1v) is 7.16. The smallest absolute Gasteiger partial charge is 0.238 e. The number of hydrogen-bond donors (Lipinski definition) is 1. The van der Waals surface area contributed by atoms with Crippen molar-refractivity contribution in [1.29, 1.82) is 0 Å². The second-order valence-electron chi connectivity index (χ2n) is 5.91. The summed E-state index contributed by atoms with van der Waals surface area (Å²) in [5.41, 5.74) is 1.99. The molecule has 0 aliphatic carbocycles. The monoisotopic (exact) mass is 276 g/mol. The van der Waals surface area contributed by atoms with Gasteiger partial charge in [0, 0.05) is 6.61 Å². The molecule has 1 aromatic rings. The van der Waals surface area contributed by atoms with Crippen LogP contribution < -0.4 is 5.32 Å². The second-order valence-corrected chi connectivity index (χ2v) is 5.91. The fourth-order valence-electron chi connectivity index (χ4n) is 2.70. The van der Waals surface area contributed by atoms with Gasteiger partial charge in [0.1, 0.15) is 6.17 Å². The highest BCUT2D eigenvalue weighted by Crippen LogP contribution is 2.26. The summed E-state index contributed by atoms with van der Waals surface area (Å²) < 4.78 is 5.73. The Hall–Kier alpha value is -1.39. The lowest BCUT2D eigenvalue weighted by Crippen LogP contribution is -2.43. The summed E-state index contributed by atoms with van der Waals surface area (Å²) in [4.78, 5) is 14.0. The molecule has 0 spiro atoms. The number of hydrogen-bond acceptors (Lipinski definition) is 3. The highest BCUT2D eigenvalue weighted by Gasteiger charge is 2.35. The van der Waals surface area contributed by atoms with Crippen molar-refractivity contribution < 1.29 is 9.53 Å². The van der Waals surface area contributed by atoms with E-state index in [1.165, 1.54) is 5.56 Å². The molecule has 4 heteroatoms. The van der Waals surface area contributed by atoms with E-state index in [0.717, 1.165) is 5.56 Å². The number of aryl methyl sites for hydroxylation is 1. The first kappa shape index (κ1) is 15.0. The molecular weight excluding hydrogens is 252 g/mol. The van der Waals surface area contributed by atoms with Crippen molar-refractivity contribution >= 4 is 5.91 Å². The van der Waals surface area contributed by atoms with E-state index in [1.807, 2.05) is 31.7 Å². The third-order valence-electron chi connectivity index (χ3n) is 3.52. The van der Waals surface area contributed by atoms with Gasteiger partial charge in [-0.15, -0.1) is 0 Å². The Morgan fingerprint density at radius 1 is 1.45 bits per heavy atom. The van der Waals surface area contributed by atoms with E-state index >= 15 is 0 Å². The van der Waals surface area contributed by atoms with Gasteiger partial charge >= 0.3 is 0 Å². The Bertz CT molecular complexity index is 485. The number of carbonyl (C=O) groups excluding carboxylic acids is 1. The molecule has 0 saturated carbocycles. The molecule has 1 aromatic carbocycles. The normalized spacial score (nSPS) is 19.7. The molecular formula is C16H24N2O2. The maximum atomic E-state index is 12.1. The van der Waals surface area contributed by atoms with Crippen molar-refractivity contribution in [2.45, 2.75) is 39.5 Å². The van der Waals surface area contributed by atoms with E-state index in [-0.39, 0.29) is 17.7 Å². The number of benzene rings is 1. The average Bonchev–Trinajstić information content (AvgIpc) is 2.70. The van der Waals surface area contributed by atoms with E-state index in [1.54, 1.807) is 0 Å². The first-order valence-electron chi connectivity index (χ1n) is 7.16. The van der Waals surface area contributed by atoms with Crippen LogP contribution in [-0.2, 0) is 9.53 Å². The molecule has 1 atom stereocenters. The standard InChI is InChI=1S/C16H24N2O2/c1-5-20-16(3,4)11-18-14(19)10-17-15(18)13-8-6-7-12(2)9-13/h6-9,15,17H,5,10-11H2,1-4H3. The average molecular weight is 276 g/mol. The van der Waals surface area contributed by atoms with Crippen LogP contribution in [0.2, 0.25) is 0 Å². The number of rotatable bonds is 5. The van der Waals surface area contributed by atoms with Gasteiger partial charge in [0.15, 0.2) is 0 Å². The SMILES string of the molecule is CCOC(C)(C)CN1C(=O)CNC1c1cccc(C)c1. The minimum Gasteiger partial charge on any atom is -0.374 e. The third kappa shape index (κ3) is 3.38. The molecule has 20 heavy (non-hydrogen) atoms. The van der Waals surface area contributed by atoms with Gasteiger partial charge in [-0.2, -0.15) is 0 Å². The molecule has 1 unspecified atom stereocenters. The van der Waals surface area contributed by atoms with Crippen LogP contribution in [-0.4, -0.2) is 36.1 Å². The van der Waals surface area contributed by atoms with Gasteiger partial charge in [-0.1, -0.05) is 29.8 Å². The zero-order valence-corrected chi connectivity index (χ0v) is 12.8. The van der Waals surface area contributed by atoms with E-state index < -0.39 is 0 Å². The molecule has 1 heterocycles. The molecule has 1 aliphatic heterocycles. The summed E-state index contributed by atoms with van der Waals surface area (Å²) in [7, 11) is 0. The van der Waals surface area contributed by atoms with Gasteiger partial charge in [0.25, 0.3) is 0 Å². The zero-order valence-electron chi connectivity index (χ0n) is 12.8. The summed E-state index contributed by atoms with van der Waals surface area (Å²) in [5.74, 6) is 0.129. The lowest BCUT2D eigenvalue weighted by molar-refractivity contribution is -0.132. The Labute approximate surface area is 121 Å². The molecule has 4 nitrogen and oxygen atoms in total. The van der Waals surface area contributed by atoms with E-state index in [9.17, 15) is 4.79 Å². The van der Waals surface area contributed by atoms with Gasteiger partial charge < -0.3 is 9.64 Å². The van der Waals surface area contributed by atoms with Crippen LogP contribution in [0.4, 0.5) is 0 Å². The molecule has 110 valence electrons. The highest BCUT2D eigenvalue weighted by molar-refractivity contribution is 5.81. The van der Waals surface area contributed by atoms with Gasteiger partial charge in [-0.3, -0.25) is 10.1 Å². The Kier molecular flexibility index (Phi) is 4.45. The fourth-order valence-corrected chi connectivity index (χ4v) is 2.70. The van der Waals surface area contributed by atoms with E-state index in [2.05, 4.69) is 30.4 Å². The van der Waals surface area contributed by atoms with Crippen molar-refractivity contribution in [1.82, 2.24) is 10.2 Å². The molecule has 1 saturated heterocycles. The van der Waals surface area contributed by atoms with Crippen molar-refractivity contribution in [3.05, 3.63) is 35.4 Å². The minimum absolute atomic E-state index is 0.0536. The quantitative estimate of drug-likeness (QED) is 0.897. The number of nitrogens with one attached hydrogen (secondary N) is 1. The van der Waals surface area contributed by atoms with Gasteiger partial charge in [-0.05, 0) is 33.3 Å². The molecule has 1 fully saturated rings. The topological polar surface area (TPSA) is 41.6 Å². The summed E-state index contributed by atoms with van der Waals surface area (Å²) in [5, 5.41) is 3.29. The lowest BCUT2D eigenvalue weighted by atomic mass is 10.1. The van der Waals surface area contributed by atoms with E-state index in [0.29, 0.717) is 19.7 Å². The van der Waals surface area contributed by atoms with Crippen LogP contribution in [0.15, 0.2) is 24.3 Å². The van der Waals surface area contributed by atoms with Crippen LogP contribution in [0.3, 0.4) is 0 Å². The fraction of sp³-hybridized carbons (Fsp3) is 0.562. The summed E-state index contributed by atoms with van der Waals surface area (Å²) in [6, 6.07) is 8.27. The van der Waals surface area contributed by atoms with E-state index in [4.69, 9.17) is 4.74 Å². The third-order valence-corrected chi connectivity index (χ3v) is 3.52. The molecule has 1 amide bonds. The van der Waals surface area contributed by atoms with Crippen LogP contribution in [0.25, 0.3) is 0 Å². The highest BCUT2D eigenvalue weighted by atomic mass is 16.5. The number of ether oxygens (including phenoxy) is 1. The maximum absolute atomic E-state index is 12.1. The maximum Gasteiger partial charge on any atom is 0.238 e. The summed E-state index contributed by atoms with van der Waals surface area (Å²) in [6.07, 6.45) is -0.0536. The lowest BCUT2D eigenvalue weighted by Gasteiger charge is -2.33. The van der Waals surface area contributed by atoms with Crippen LogP contribution in [0.1, 0.15) is 38.1 Å². The first-order chi connectivity index (χ1) is 9.43. The second kappa shape index (κ2) is 5.94. The molecule has 1 aliphatic rings. The molecule has 0 radical (unpaired) electrons. The van der Waals surface area contributed by atoms with Crippen molar-refractivity contribution in [3.8, 4) is 0 Å². The van der Waals surface area contributed by atoms with Gasteiger partial charge in [0.2, 0.25) is 5.91 Å². The van der Waals surface area contributed by atoms with Crippen molar-refractivity contribution in [3.63, 3.8) is 0 Å². The largest absolute Gasteiger partial charge is 0.374 e. The van der Waals surface area contributed by atoms with Crippen LogP contribution in [0, 0.1) is 6.92 Å². The predicted molar refractivity (Wildman–Crippen MR) is 79.3 cm³/mol. The molecule has 0 bridgehead atoms. The van der Waals surface area contributed by atoms with Gasteiger partial charge in [0.05, 0.1) is 18.7 Å². The molecule has 2 rings (SSSR count). The summed E-state index contributed by atoms with van der Waals surface area (Å²) >= 11 is 0. The zero-order chi connectivity index (χ0) is 14.8. The van der Waals surface area contributed by atoms with Crippen LogP contribution >= 0.6 is 0 Å². The minimum atomic E-state index is -0.335. The number of nitrogens with zero attached hydrogens (tertiary/aromatic N) is 1. The summed E-state index contributed by atoms with van der Waals surface area (Å²) in [6.45, 7) is 9.72. The molecule has 1 N–H and O–H groups in total. The Morgan fingerprint density at radius 2 is 2.20 bits per heavy atom. The Morgan fingerprint density at radius 3 is 2.85 bits per heavy atom. The Balaban J connectivity index is 2.19. The van der Waals surface area contributed by atoms with Crippen LogP contribution in [0.5, 0.6) is 0 Å². The molecule has 0 aromatic heterocycles.